The number of amides is 1. The summed E-state index contributed by atoms with van der Waals surface area (Å²) in [4.78, 5) is 17.3. The van der Waals surface area contributed by atoms with Crippen LogP contribution in [0.4, 0.5) is 5.13 Å². The standard InChI is InChI=1S/C15H10N2OS3/c1-8-7-19-15(16-8)17-14(18)12-6-11-13(21-12)9-4-2-3-5-10(9)20-11/h2-7H,1H3,(H,16,17,18). The number of anilines is 1. The highest BCUT2D eigenvalue weighted by molar-refractivity contribution is 7.33. The highest BCUT2D eigenvalue weighted by Gasteiger charge is 2.15. The number of rotatable bonds is 2. The van der Waals surface area contributed by atoms with Gasteiger partial charge in [0, 0.05) is 20.2 Å². The van der Waals surface area contributed by atoms with E-state index in [1.54, 1.807) is 22.7 Å². The van der Waals surface area contributed by atoms with Crippen LogP contribution in [0.1, 0.15) is 15.4 Å². The number of aromatic nitrogens is 1. The van der Waals surface area contributed by atoms with Crippen LogP contribution < -0.4 is 5.32 Å². The molecule has 0 saturated heterocycles. The van der Waals surface area contributed by atoms with Crippen molar-refractivity contribution in [2.75, 3.05) is 5.32 Å². The van der Waals surface area contributed by atoms with Crippen LogP contribution in [0.5, 0.6) is 0 Å². The molecule has 0 aliphatic rings. The Balaban J connectivity index is 1.71. The summed E-state index contributed by atoms with van der Waals surface area (Å²) < 4.78 is 3.62. The summed E-state index contributed by atoms with van der Waals surface area (Å²) in [6.07, 6.45) is 0. The van der Waals surface area contributed by atoms with Crippen LogP contribution in [-0.4, -0.2) is 10.9 Å². The van der Waals surface area contributed by atoms with Gasteiger partial charge in [-0.05, 0) is 19.1 Å². The maximum Gasteiger partial charge on any atom is 0.267 e. The van der Waals surface area contributed by atoms with E-state index in [9.17, 15) is 4.79 Å². The zero-order valence-electron chi connectivity index (χ0n) is 11.0. The first-order chi connectivity index (χ1) is 10.2. The molecule has 0 atom stereocenters. The lowest BCUT2D eigenvalue weighted by molar-refractivity contribution is 0.103. The SMILES string of the molecule is Cc1csc(NC(=O)c2cc3sc4ccccc4c3s2)n1. The summed E-state index contributed by atoms with van der Waals surface area (Å²) >= 11 is 4.72. The van der Waals surface area contributed by atoms with E-state index < -0.39 is 0 Å². The van der Waals surface area contributed by atoms with Crippen LogP contribution >= 0.6 is 34.0 Å². The first kappa shape index (κ1) is 12.9. The van der Waals surface area contributed by atoms with E-state index in [4.69, 9.17) is 0 Å². The average Bonchev–Trinajstić information content (AvgIpc) is 3.12. The van der Waals surface area contributed by atoms with Gasteiger partial charge in [0.25, 0.3) is 5.91 Å². The summed E-state index contributed by atoms with van der Waals surface area (Å²) in [6, 6.07) is 10.3. The maximum absolute atomic E-state index is 12.3. The second kappa shape index (κ2) is 4.91. The molecule has 0 spiro atoms. The Morgan fingerprint density at radius 2 is 2.05 bits per heavy atom. The zero-order valence-corrected chi connectivity index (χ0v) is 13.5. The summed E-state index contributed by atoms with van der Waals surface area (Å²) in [5.41, 5.74) is 0.924. The molecular formula is C15H10N2OS3. The van der Waals surface area contributed by atoms with E-state index in [0.29, 0.717) is 5.13 Å². The number of aryl methyl sites for hydroxylation is 1. The molecule has 0 radical (unpaired) electrons. The Hall–Kier alpha value is -1.76. The summed E-state index contributed by atoms with van der Waals surface area (Å²) in [7, 11) is 0. The van der Waals surface area contributed by atoms with Gasteiger partial charge in [-0.25, -0.2) is 4.98 Å². The predicted molar refractivity (Wildman–Crippen MR) is 92.0 cm³/mol. The Bertz CT molecular complexity index is 964. The van der Waals surface area contributed by atoms with E-state index >= 15 is 0 Å². The molecule has 0 fully saturated rings. The Labute approximate surface area is 132 Å². The molecule has 1 amide bonds. The molecule has 0 saturated carbocycles. The van der Waals surface area contributed by atoms with E-state index in [1.807, 2.05) is 30.5 Å². The number of carbonyl (C=O) groups excluding carboxylic acids is 1. The van der Waals surface area contributed by atoms with Crippen molar-refractivity contribution in [3.05, 3.63) is 46.3 Å². The van der Waals surface area contributed by atoms with Gasteiger partial charge in [-0.3, -0.25) is 10.1 Å². The number of nitrogens with zero attached hydrogens (tertiary/aromatic N) is 1. The molecule has 3 aromatic heterocycles. The third kappa shape index (κ3) is 2.25. The van der Waals surface area contributed by atoms with Gasteiger partial charge < -0.3 is 0 Å². The van der Waals surface area contributed by atoms with Crippen molar-refractivity contribution in [3.63, 3.8) is 0 Å². The lowest BCUT2D eigenvalue weighted by atomic mass is 10.2. The molecule has 6 heteroatoms. The normalized spacial score (nSPS) is 11.3. The second-order valence-electron chi connectivity index (χ2n) is 4.65. The number of benzene rings is 1. The fraction of sp³-hybridized carbons (Fsp3) is 0.0667. The van der Waals surface area contributed by atoms with Gasteiger partial charge in [-0.2, -0.15) is 0 Å². The van der Waals surface area contributed by atoms with Gasteiger partial charge in [0.05, 0.1) is 15.3 Å². The van der Waals surface area contributed by atoms with Crippen LogP contribution in [0.15, 0.2) is 35.7 Å². The van der Waals surface area contributed by atoms with Crippen LogP contribution in [0.2, 0.25) is 0 Å². The third-order valence-electron chi connectivity index (χ3n) is 3.11. The lowest BCUT2D eigenvalue weighted by Gasteiger charge is -1.97. The number of fused-ring (bicyclic) bond motifs is 3. The molecule has 4 aromatic rings. The quantitative estimate of drug-likeness (QED) is 0.553. The van der Waals surface area contributed by atoms with Crippen molar-refractivity contribution in [1.29, 1.82) is 0 Å². The number of carbonyl (C=O) groups is 1. The predicted octanol–water partition coefficient (Wildman–Crippen LogP) is 5.13. The minimum Gasteiger partial charge on any atom is -0.297 e. The number of hydrogen-bond acceptors (Lipinski definition) is 5. The van der Waals surface area contributed by atoms with E-state index in [-0.39, 0.29) is 5.91 Å². The molecule has 1 N–H and O–H groups in total. The first-order valence-electron chi connectivity index (χ1n) is 6.35. The highest BCUT2D eigenvalue weighted by Crippen LogP contribution is 2.39. The van der Waals surface area contributed by atoms with Crippen molar-refractivity contribution in [3.8, 4) is 0 Å². The molecule has 0 bridgehead atoms. The van der Waals surface area contributed by atoms with Crippen molar-refractivity contribution < 1.29 is 4.79 Å². The molecule has 104 valence electrons. The zero-order chi connectivity index (χ0) is 14.4. The fourth-order valence-electron chi connectivity index (χ4n) is 2.18. The summed E-state index contributed by atoms with van der Waals surface area (Å²) in [6.45, 7) is 1.92. The molecule has 0 unspecified atom stereocenters. The van der Waals surface area contributed by atoms with Crippen LogP contribution in [0.25, 0.3) is 19.5 Å². The molecule has 3 nitrogen and oxygen atoms in total. The van der Waals surface area contributed by atoms with Gasteiger partial charge in [0.1, 0.15) is 0 Å². The van der Waals surface area contributed by atoms with Crippen LogP contribution in [0, 0.1) is 6.92 Å². The molecule has 1 aromatic carbocycles. The van der Waals surface area contributed by atoms with E-state index in [1.165, 1.54) is 30.8 Å². The number of thiazole rings is 1. The van der Waals surface area contributed by atoms with E-state index in [0.717, 1.165) is 10.6 Å². The second-order valence-corrected chi connectivity index (χ2v) is 7.64. The van der Waals surface area contributed by atoms with Crippen molar-refractivity contribution in [1.82, 2.24) is 4.98 Å². The van der Waals surface area contributed by atoms with Crippen LogP contribution in [0.3, 0.4) is 0 Å². The summed E-state index contributed by atoms with van der Waals surface area (Å²) in [5, 5.41) is 6.67. The monoisotopic (exact) mass is 330 g/mol. The van der Waals surface area contributed by atoms with E-state index in [2.05, 4.69) is 22.4 Å². The topological polar surface area (TPSA) is 42.0 Å². The molecule has 0 aliphatic carbocycles. The minimum atomic E-state index is -0.0816. The Morgan fingerprint density at radius 1 is 1.19 bits per heavy atom. The number of hydrogen-bond donors (Lipinski definition) is 1. The van der Waals surface area contributed by atoms with Gasteiger partial charge in [0.15, 0.2) is 5.13 Å². The Kier molecular flexibility index (Phi) is 3.02. The molecule has 4 rings (SSSR count). The third-order valence-corrected chi connectivity index (χ3v) is 6.40. The van der Waals surface area contributed by atoms with Crippen LogP contribution in [-0.2, 0) is 0 Å². The van der Waals surface area contributed by atoms with Gasteiger partial charge in [0.2, 0.25) is 0 Å². The molecular weight excluding hydrogens is 320 g/mol. The largest absolute Gasteiger partial charge is 0.297 e. The van der Waals surface area contributed by atoms with Crippen molar-refractivity contribution >= 4 is 64.5 Å². The minimum absolute atomic E-state index is 0.0816. The average molecular weight is 330 g/mol. The maximum atomic E-state index is 12.3. The van der Waals surface area contributed by atoms with Gasteiger partial charge in [-0.1, -0.05) is 18.2 Å². The lowest BCUT2D eigenvalue weighted by Crippen LogP contribution is -2.09. The smallest absolute Gasteiger partial charge is 0.267 e. The molecule has 21 heavy (non-hydrogen) atoms. The highest BCUT2D eigenvalue weighted by atomic mass is 32.1. The number of thiophene rings is 2. The van der Waals surface area contributed by atoms with Gasteiger partial charge in [-0.15, -0.1) is 34.0 Å². The number of nitrogens with one attached hydrogen (secondary N) is 1. The summed E-state index contributed by atoms with van der Waals surface area (Å²) in [5.74, 6) is -0.0816. The first-order valence-corrected chi connectivity index (χ1v) is 8.86. The van der Waals surface area contributed by atoms with Crippen molar-refractivity contribution in [2.45, 2.75) is 6.92 Å². The Morgan fingerprint density at radius 3 is 2.86 bits per heavy atom. The fourth-order valence-corrected chi connectivity index (χ4v) is 5.28. The van der Waals surface area contributed by atoms with Crippen molar-refractivity contribution in [2.24, 2.45) is 0 Å². The molecule has 3 heterocycles. The van der Waals surface area contributed by atoms with Gasteiger partial charge >= 0.3 is 0 Å². The molecule has 0 aliphatic heterocycles.